The molecule has 0 amide bonds. The van der Waals surface area contributed by atoms with Gasteiger partial charge >= 0.3 is 0 Å². The molecule has 2 rings (SSSR count). The molecule has 1 N–H and O–H groups in total. The molecule has 0 aromatic rings. The number of ether oxygens (including phenoxy) is 1. The zero-order valence-electron chi connectivity index (χ0n) is 8.42. The highest BCUT2D eigenvalue weighted by Gasteiger charge is 2.48. The quantitative estimate of drug-likeness (QED) is 0.708. The van der Waals surface area contributed by atoms with Gasteiger partial charge in [0, 0.05) is 6.42 Å². The van der Waals surface area contributed by atoms with E-state index in [1.807, 2.05) is 6.08 Å². The summed E-state index contributed by atoms with van der Waals surface area (Å²) in [5, 5.41) is 10.1. The third-order valence-corrected chi connectivity index (χ3v) is 3.31. The smallest absolute Gasteiger partial charge is 0.124 e. The summed E-state index contributed by atoms with van der Waals surface area (Å²) >= 11 is 0. The van der Waals surface area contributed by atoms with Crippen molar-refractivity contribution in [2.45, 2.75) is 38.7 Å². The first-order chi connectivity index (χ1) is 6.12. The zero-order chi connectivity index (χ0) is 9.47. The molecule has 1 aliphatic carbocycles. The summed E-state index contributed by atoms with van der Waals surface area (Å²) in [6.45, 7) is 5.19. The van der Waals surface area contributed by atoms with Crippen molar-refractivity contribution in [2.75, 3.05) is 6.61 Å². The van der Waals surface area contributed by atoms with Crippen molar-refractivity contribution in [3.63, 3.8) is 0 Å². The van der Waals surface area contributed by atoms with E-state index in [2.05, 4.69) is 13.8 Å². The minimum atomic E-state index is -0.606. The summed E-state index contributed by atoms with van der Waals surface area (Å²) in [5.74, 6) is 2.20. The van der Waals surface area contributed by atoms with E-state index >= 15 is 0 Å². The van der Waals surface area contributed by atoms with Gasteiger partial charge in [-0.2, -0.15) is 0 Å². The molecule has 0 aromatic heterocycles. The van der Waals surface area contributed by atoms with E-state index in [0.29, 0.717) is 11.8 Å². The van der Waals surface area contributed by atoms with E-state index in [-0.39, 0.29) is 0 Å². The number of hydrogen-bond donors (Lipinski definition) is 1. The molecular weight excluding hydrogens is 164 g/mol. The van der Waals surface area contributed by atoms with Gasteiger partial charge in [0.1, 0.15) is 11.4 Å². The van der Waals surface area contributed by atoms with Crippen LogP contribution in [0.3, 0.4) is 0 Å². The first kappa shape index (κ1) is 9.07. The Morgan fingerprint density at radius 1 is 1.54 bits per heavy atom. The molecule has 0 saturated heterocycles. The van der Waals surface area contributed by atoms with Gasteiger partial charge < -0.3 is 9.84 Å². The van der Waals surface area contributed by atoms with Crippen LogP contribution in [-0.4, -0.2) is 17.3 Å². The summed E-state index contributed by atoms with van der Waals surface area (Å²) < 4.78 is 5.40. The Bertz CT molecular complexity index is 224. The molecule has 0 atom stereocenters. The van der Waals surface area contributed by atoms with Crippen LogP contribution in [-0.2, 0) is 4.74 Å². The van der Waals surface area contributed by atoms with E-state index in [0.717, 1.165) is 31.6 Å². The molecule has 0 aromatic carbocycles. The van der Waals surface area contributed by atoms with Crippen LogP contribution in [0.25, 0.3) is 0 Å². The number of hydrogen-bond acceptors (Lipinski definition) is 2. The standard InChI is InChI=1S/C11H18O2/c1-8(2)9-6-11(12,7-9)10-4-3-5-13-10/h4,8-9,12H,3,5-7H2,1-2H3. The minimum Gasteiger partial charge on any atom is -0.495 e. The largest absolute Gasteiger partial charge is 0.495 e. The van der Waals surface area contributed by atoms with Crippen molar-refractivity contribution in [2.24, 2.45) is 11.8 Å². The Kier molecular flexibility index (Phi) is 2.11. The van der Waals surface area contributed by atoms with Crippen LogP contribution in [0.4, 0.5) is 0 Å². The molecule has 74 valence electrons. The van der Waals surface area contributed by atoms with Crippen LogP contribution in [0.1, 0.15) is 33.1 Å². The lowest BCUT2D eigenvalue weighted by atomic mass is 9.65. The fraction of sp³-hybridized carbons (Fsp3) is 0.818. The lowest BCUT2D eigenvalue weighted by Gasteiger charge is -2.45. The average Bonchev–Trinajstić information content (AvgIpc) is 2.49. The van der Waals surface area contributed by atoms with Crippen LogP contribution in [0, 0.1) is 11.8 Å². The molecule has 1 saturated carbocycles. The molecule has 1 aliphatic heterocycles. The monoisotopic (exact) mass is 182 g/mol. The van der Waals surface area contributed by atoms with Gasteiger partial charge in [0.25, 0.3) is 0 Å². The predicted octanol–water partition coefficient (Wildman–Crippen LogP) is 2.09. The van der Waals surface area contributed by atoms with Gasteiger partial charge in [-0.05, 0) is 30.8 Å². The van der Waals surface area contributed by atoms with Crippen molar-refractivity contribution in [1.29, 1.82) is 0 Å². The van der Waals surface area contributed by atoms with Crippen molar-refractivity contribution in [1.82, 2.24) is 0 Å². The van der Waals surface area contributed by atoms with Crippen molar-refractivity contribution < 1.29 is 9.84 Å². The maximum Gasteiger partial charge on any atom is 0.124 e. The highest BCUT2D eigenvalue weighted by atomic mass is 16.5. The van der Waals surface area contributed by atoms with E-state index in [4.69, 9.17) is 4.74 Å². The Morgan fingerprint density at radius 2 is 2.23 bits per heavy atom. The highest BCUT2D eigenvalue weighted by Crippen LogP contribution is 2.47. The third kappa shape index (κ3) is 1.48. The second-order valence-electron chi connectivity index (χ2n) is 4.65. The van der Waals surface area contributed by atoms with Crippen LogP contribution < -0.4 is 0 Å². The fourth-order valence-corrected chi connectivity index (χ4v) is 2.22. The summed E-state index contributed by atoms with van der Waals surface area (Å²) in [5.41, 5.74) is -0.606. The van der Waals surface area contributed by atoms with Crippen molar-refractivity contribution >= 4 is 0 Å². The minimum absolute atomic E-state index is 0.606. The summed E-state index contributed by atoms with van der Waals surface area (Å²) in [7, 11) is 0. The summed E-state index contributed by atoms with van der Waals surface area (Å²) in [6, 6.07) is 0. The molecule has 0 radical (unpaired) electrons. The molecule has 1 fully saturated rings. The van der Waals surface area contributed by atoms with Gasteiger partial charge in [-0.25, -0.2) is 0 Å². The predicted molar refractivity (Wildman–Crippen MR) is 51.2 cm³/mol. The normalized spacial score (nSPS) is 38.5. The topological polar surface area (TPSA) is 29.5 Å². The first-order valence-corrected chi connectivity index (χ1v) is 5.17. The lowest BCUT2D eigenvalue weighted by Crippen LogP contribution is -2.47. The van der Waals surface area contributed by atoms with Crippen molar-refractivity contribution in [3.05, 3.63) is 11.8 Å². The SMILES string of the molecule is CC(C)C1CC(O)(C2=CCCO2)C1. The maximum absolute atomic E-state index is 10.1. The molecular formula is C11H18O2. The van der Waals surface area contributed by atoms with Gasteiger partial charge in [0.05, 0.1) is 6.61 Å². The lowest BCUT2D eigenvalue weighted by molar-refractivity contribution is -0.0885. The first-order valence-electron chi connectivity index (χ1n) is 5.17. The van der Waals surface area contributed by atoms with Gasteiger partial charge in [-0.1, -0.05) is 13.8 Å². The highest BCUT2D eigenvalue weighted by molar-refractivity contribution is 5.18. The van der Waals surface area contributed by atoms with E-state index in [9.17, 15) is 5.11 Å². The fourth-order valence-electron chi connectivity index (χ4n) is 2.22. The molecule has 0 bridgehead atoms. The van der Waals surface area contributed by atoms with Crippen LogP contribution in [0.15, 0.2) is 11.8 Å². The third-order valence-electron chi connectivity index (χ3n) is 3.31. The van der Waals surface area contributed by atoms with E-state index in [1.54, 1.807) is 0 Å². The summed E-state index contributed by atoms with van der Waals surface area (Å²) in [6.07, 6.45) is 4.77. The second-order valence-corrected chi connectivity index (χ2v) is 4.65. The van der Waals surface area contributed by atoms with Crippen LogP contribution in [0.2, 0.25) is 0 Å². The van der Waals surface area contributed by atoms with E-state index in [1.165, 1.54) is 0 Å². The number of aliphatic hydroxyl groups is 1. The van der Waals surface area contributed by atoms with Gasteiger partial charge in [-0.15, -0.1) is 0 Å². The zero-order valence-corrected chi connectivity index (χ0v) is 8.42. The second kappa shape index (κ2) is 3.02. The Balaban J connectivity index is 1.95. The number of rotatable bonds is 2. The van der Waals surface area contributed by atoms with Crippen LogP contribution in [0.5, 0.6) is 0 Å². The Labute approximate surface area is 79.6 Å². The molecule has 2 heteroatoms. The molecule has 13 heavy (non-hydrogen) atoms. The Morgan fingerprint density at radius 3 is 2.69 bits per heavy atom. The maximum atomic E-state index is 10.1. The van der Waals surface area contributed by atoms with Crippen molar-refractivity contribution in [3.8, 4) is 0 Å². The molecule has 2 aliphatic rings. The van der Waals surface area contributed by atoms with Gasteiger partial charge in [0.2, 0.25) is 0 Å². The van der Waals surface area contributed by atoms with Gasteiger partial charge in [0.15, 0.2) is 0 Å². The van der Waals surface area contributed by atoms with Gasteiger partial charge in [-0.3, -0.25) is 0 Å². The molecule has 2 nitrogen and oxygen atoms in total. The molecule has 1 heterocycles. The average molecular weight is 182 g/mol. The molecule has 0 unspecified atom stereocenters. The molecule has 0 spiro atoms. The summed E-state index contributed by atoms with van der Waals surface area (Å²) in [4.78, 5) is 0. The Hall–Kier alpha value is -0.500. The van der Waals surface area contributed by atoms with E-state index < -0.39 is 5.60 Å². The van der Waals surface area contributed by atoms with Crippen LogP contribution >= 0.6 is 0 Å².